The van der Waals surface area contributed by atoms with Gasteiger partial charge in [0, 0.05) is 0 Å². The van der Waals surface area contributed by atoms with Crippen LogP contribution >= 0.6 is 23.1 Å². The second-order valence-corrected chi connectivity index (χ2v) is 7.52. The minimum Gasteiger partial charge on any atom is -0.484 e. The molecule has 7 heteroatoms. The van der Waals surface area contributed by atoms with Crippen molar-refractivity contribution in [3.63, 3.8) is 0 Å². The van der Waals surface area contributed by atoms with Crippen LogP contribution in [0.1, 0.15) is 6.92 Å². The van der Waals surface area contributed by atoms with Gasteiger partial charge in [-0.15, -0.1) is 10.2 Å². The number of rotatable bonds is 7. The molecule has 0 unspecified atom stereocenters. The number of ether oxygens (including phenoxy) is 1. The molecule has 128 valence electrons. The number of carbonyl (C=O) groups excluding carboxylic acids is 1. The molecule has 0 aliphatic heterocycles. The zero-order chi connectivity index (χ0) is 17.5. The quantitative estimate of drug-likeness (QED) is 0.494. The molecule has 1 N–H and O–H groups in total. The van der Waals surface area contributed by atoms with Gasteiger partial charge in [-0.3, -0.25) is 10.1 Å². The Morgan fingerprint density at radius 2 is 1.80 bits per heavy atom. The topological polar surface area (TPSA) is 64.1 Å². The predicted octanol–water partition coefficient (Wildman–Crippen LogP) is 4.33. The van der Waals surface area contributed by atoms with Crippen molar-refractivity contribution in [3.8, 4) is 16.9 Å². The van der Waals surface area contributed by atoms with Crippen molar-refractivity contribution < 1.29 is 9.53 Å². The second-order valence-electron chi connectivity index (χ2n) is 5.03. The average Bonchev–Trinajstić information content (AvgIpc) is 3.08. The molecule has 25 heavy (non-hydrogen) atoms. The SMILES string of the molecule is CCSc1nnc(NC(=O)COc2ccc(-c3ccccc3)cc2)s1. The van der Waals surface area contributed by atoms with Crippen LogP contribution in [0.5, 0.6) is 5.75 Å². The lowest BCUT2D eigenvalue weighted by atomic mass is 10.1. The molecule has 3 rings (SSSR count). The molecule has 0 aliphatic rings. The number of aromatic nitrogens is 2. The standard InChI is InChI=1S/C18H17N3O2S2/c1-2-24-18-21-20-17(25-18)19-16(22)12-23-15-10-8-14(9-11-15)13-6-4-3-5-7-13/h3-11H,2,12H2,1H3,(H,19,20,22). The van der Waals surface area contributed by atoms with Crippen LogP contribution in [0.3, 0.4) is 0 Å². The van der Waals surface area contributed by atoms with E-state index in [9.17, 15) is 4.79 Å². The normalized spacial score (nSPS) is 10.4. The van der Waals surface area contributed by atoms with E-state index >= 15 is 0 Å². The Labute approximate surface area is 154 Å². The molecule has 2 aromatic carbocycles. The molecule has 1 aromatic heterocycles. The lowest BCUT2D eigenvalue weighted by Crippen LogP contribution is -2.20. The fourth-order valence-corrected chi connectivity index (χ4v) is 3.79. The summed E-state index contributed by atoms with van der Waals surface area (Å²) in [4.78, 5) is 11.9. The van der Waals surface area contributed by atoms with Crippen LogP contribution < -0.4 is 10.1 Å². The molecule has 0 aliphatic carbocycles. The lowest BCUT2D eigenvalue weighted by Gasteiger charge is -2.07. The van der Waals surface area contributed by atoms with Gasteiger partial charge in [0.25, 0.3) is 5.91 Å². The van der Waals surface area contributed by atoms with Crippen LogP contribution in [0.2, 0.25) is 0 Å². The predicted molar refractivity (Wildman–Crippen MR) is 102 cm³/mol. The molecule has 1 heterocycles. The summed E-state index contributed by atoms with van der Waals surface area (Å²) in [6.45, 7) is 1.97. The first-order valence-corrected chi connectivity index (χ1v) is 9.59. The third-order valence-corrected chi connectivity index (χ3v) is 5.11. The molecular weight excluding hydrogens is 354 g/mol. The van der Waals surface area contributed by atoms with Gasteiger partial charge in [-0.1, -0.05) is 72.5 Å². The smallest absolute Gasteiger partial charge is 0.264 e. The molecule has 0 fully saturated rings. The fourth-order valence-electron chi connectivity index (χ4n) is 2.12. The van der Waals surface area contributed by atoms with E-state index in [0.29, 0.717) is 10.9 Å². The minimum atomic E-state index is -0.253. The molecule has 0 atom stereocenters. The van der Waals surface area contributed by atoms with Gasteiger partial charge in [-0.05, 0) is 29.0 Å². The van der Waals surface area contributed by atoms with E-state index in [1.54, 1.807) is 11.8 Å². The highest BCUT2D eigenvalue weighted by Crippen LogP contribution is 2.25. The minimum absolute atomic E-state index is 0.0689. The molecule has 0 bridgehead atoms. The first-order chi connectivity index (χ1) is 12.2. The summed E-state index contributed by atoms with van der Waals surface area (Å²) in [6.07, 6.45) is 0. The summed E-state index contributed by atoms with van der Waals surface area (Å²) >= 11 is 2.96. The number of nitrogens with zero attached hydrogens (tertiary/aromatic N) is 2. The van der Waals surface area contributed by atoms with Gasteiger partial charge in [0.1, 0.15) is 5.75 Å². The molecular formula is C18H17N3O2S2. The van der Waals surface area contributed by atoms with Crippen molar-refractivity contribution in [2.75, 3.05) is 17.7 Å². The average molecular weight is 371 g/mol. The molecule has 0 saturated heterocycles. The number of nitrogens with one attached hydrogen (secondary N) is 1. The highest BCUT2D eigenvalue weighted by atomic mass is 32.2. The van der Waals surface area contributed by atoms with Crippen molar-refractivity contribution in [1.82, 2.24) is 10.2 Å². The summed E-state index contributed by atoms with van der Waals surface area (Å²) in [5, 5.41) is 11.1. The van der Waals surface area contributed by atoms with Crippen LogP contribution in [0, 0.1) is 0 Å². The number of carbonyl (C=O) groups is 1. The molecule has 0 radical (unpaired) electrons. The Morgan fingerprint density at radius 1 is 1.08 bits per heavy atom. The largest absolute Gasteiger partial charge is 0.484 e. The zero-order valence-corrected chi connectivity index (χ0v) is 15.3. The maximum atomic E-state index is 11.9. The number of hydrogen-bond donors (Lipinski definition) is 1. The molecule has 0 saturated carbocycles. The van der Waals surface area contributed by atoms with Crippen LogP contribution in [0.4, 0.5) is 5.13 Å². The highest BCUT2D eigenvalue weighted by Gasteiger charge is 2.09. The Bertz CT molecular complexity index is 820. The van der Waals surface area contributed by atoms with Crippen molar-refractivity contribution in [2.45, 2.75) is 11.3 Å². The van der Waals surface area contributed by atoms with E-state index in [0.717, 1.165) is 21.2 Å². The Morgan fingerprint density at radius 3 is 2.52 bits per heavy atom. The van der Waals surface area contributed by atoms with Gasteiger partial charge < -0.3 is 4.74 Å². The van der Waals surface area contributed by atoms with E-state index in [-0.39, 0.29) is 12.5 Å². The first-order valence-electron chi connectivity index (χ1n) is 7.79. The third-order valence-electron chi connectivity index (χ3n) is 3.25. The van der Waals surface area contributed by atoms with Crippen molar-refractivity contribution in [3.05, 3.63) is 54.6 Å². The van der Waals surface area contributed by atoms with E-state index in [2.05, 4.69) is 27.6 Å². The van der Waals surface area contributed by atoms with Crippen LogP contribution in [0.15, 0.2) is 58.9 Å². The first kappa shape index (κ1) is 17.4. The van der Waals surface area contributed by atoms with Gasteiger partial charge >= 0.3 is 0 Å². The van der Waals surface area contributed by atoms with Crippen LogP contribution in [0.25, 0.3) is 11.1 Å². The highest BCUT2D eigenvalue weighted by molar-refractivity contribution is 8.01. The lowest BCUT2D eigenvalue weighted by molar-refractivity contribution is -0.118. The molecule has 1 amide bonds. The van der Waals surface area contributed by atoms with E-state index in [1.807, 2.05) is 49.4 Å². The summed E-state index contributed by atoms with van der Waals surface area (Å²) in [5.74, 6) is 1.32. The monoisotopic (exact) mass is 371 g/mol. The summed E-state index contributed by atoms with van der Waals surface area (Å²) in [5.41, 5.74) is 2.25. The maximum Gasteiger partial charge on any atom is 0.264 e. The van der Waals surface area contributed by atoms with E-state index in [1.165, 1.54) is 11.3 Å². The number of hydrogen-bond acceptors (Lipinski definition) is 6. The van der Waals surface area contributed by atoms with Crippen molar-refractivity contribution in [2.24, 2.45) is 0 Å². The molecule has 5 nitrogen and oxygen atoms in total. The van der Waals surface area contributed by atoms with Gasteiger partial charge in [0.05, 0.1) is 0 Å². The Hall–Kier alpha value is -2.38. The number of thioether (sulfide) groups is 1. The van der Waals surface area contributed by atoms with Crippen LogP contribution in [-0.2, 0) is 4.79 Å². The van der Waals surface area contributed by atoms with Gasteiger partial charge in [-0.2, -0.15) is 0 Å². The Kier molecular flexibility index (Phi) is 6.03. The van der Waals surface area contributed by atoms with Crippen molar-refractivity contribution >= 4 is 34.1 Å². The number of anilines is 1. The Balaban J connectivity index is 1.51. The molecule has 0 spiro atoms. The summed E-state index contributed by atoms with van der Waals surface area (Å²) in [6, 6.07) is 17.8. The van der Waals surface area contributed by atoms with Crippen LogP contribution in [-0.4, -0.2) is 28.5 Å². The maximum absolute atomic E-state index is 11.9. The van der Waals surface area contributed by atoms with Crippen molar-refractivity contribution in [1.29, 1.82) is 0 Å². The van der Waals surface area contributed by atoms with Gasteiger partial charge in [0.15, 0.2) is 10.9 Å². The van der Waals surface area contributed by atoms with Gasteiger partial charge in [-0.25, -0.2) is 0 Å². The number of amides is 1. The summed E-state index contributed by atoms with van der Waals surface area (Å²) < 4.78 is 6.37. The third kappa shape index (κ3) is 5.04. The molecule has 3 aromatic rings. The number of benzene rings is 2. The van der Waals surface area contributed by atoms with Gasteiger partial charge in [0.2, 0.25) is 5.13 Å². The van der Waals surface area contributed by atoms with E-state index < -0.39 is 0 Å². The fraction of sp³-hybridized carbons (Fsp3) is 0.167. The summed E-state index contributed by atoms with van der Waals surface area (Å²) in [7, 11) is 0. The second kappa shape index (κ2) is 8.64. The zero-order valence-electron chi connectivity index (χ0n) is 13.6. The van der Waals surface area contributed by atoms with E-state index in [4.69, 9.17) is 4.74 Å².